The minimum Gasteiger partial charge on any atom is -0.297 e. The van der Waals surface area contributed by atoms with Crippen LogP contribution in [0.1, 0.15) is 24.2 Å². The zero-order valence-electron chi connectivity index (χ0n) is 8.38. The van der Waals surface area contributed by atoms with Gasteiger partial charge in [-0.2, -0.15) is 5.10 Å². The van der Waals surface area contributed by atoms with E-state index in [1.165, 1.54) is 0 Å². The van der Waals surface area contributed by atoms with Gasteiger partial charge in [0.2, 0.25) is 0 Å². The van der Waals surface area contributed by atoms with Gasteiger partial charge in [0.05, 0.1) is 16.4 Å². The highest BCUT2D eigenvalue weighted by molar-refractivity contribution is 6.31. The average molecular weight is 213 g/mol. The summed E-state index contributed by atoms with van der Waals surface area (Å²) in [4.78, 5) is 11.5. The lowest BCUT2D eigenvalue weighted by Gasteiger charge is -2.01. The third-order valence-corrected chi connectivity index (χ3v) is 3.18. The monoisotopic (exact) mass is 212 g/mol. The lowest BCUT2D eigenvalue weighted by molar-refractivity contribution is -0.121. The van der Waals surface area contributed by atoms with Crippen LogP contribution in [0, 0.1) is 19.8 Å². The third kappa shape index (κ3) is 1.69. The first-order valence-electron chi connectivity index (χ1n) is 4.82. The Morgan fingerprint density at radius 1 is 1.57 bits per heavy atom. The molecule has 1 aliphatic rings. The molecule has 0 atom stereocenters. The minimum atomic E-state index is 0.285. The number of aromatic nitrogens is 2. The van der Waals surface area contributed by atoms with Crippen LogP contribution in [0.4, 0.5) is 0 Å². The van der Waals surface area contributed by atoms with Crippen molar-refractivity contribution in [2.24, 2.45) is 5.92 Å². The van der Waals surface area contributed by atoms with Gasteiger partial charge in [0.15, 0.2) is 5.78 Å². The van der Waals surface area contributed by atoms with Crippen molar-refractivity contribution in [2.45, 2.75) is 33.2 Å². The first-order chi connectivity index (χ1) is 6.59. The Bertz CT molecular complexity index is 380. The van der Waals surface area contributed by atoms with Crippen molar-refractivity contribution in [3.63, 3.8) is 0 Å². The number of ketones is 1. The molecule has 0 bridgehead atoms. The van der Waals surface area contributed by atoms with E-state index in [2.05, 4.69) is 5.10 Å². The van der Waals surface area contributed by atoms with Crippen LogP contribution in [0.5, 0.6) is 0 Å². The Morgan fingerprint density at radius 3 is 2.64 bits per heavy atom. The van der Waals surface area contributed by atoms with Gasteiger partial charge < -0.3 is 0 Å². The summed E-state index contributed by atoms with van der Waals surface area (Å²) in [6.07, 6.45) is 2.09. The van der Waals surface area contributed by atoms with Crippen LogP contribution in [0.15, 0.2) is 0 Å². The molecule has 1 aromatic rings. The highest BCUT2D eigenvalue weighted by Crippen LogP contribution is 2.30. The fourth-order valence-corrected chi connectivity index (χ4v) is 1.65. The van der Waals surface area contributed by atoms with Crippen molar-refractivity contribution in [2.75, 3.05) is 0 Å². The van der Waals surface area contributed by atoms with Gasteiger partial charge in [0, 0.05) is 5.92 Å². The molecule has 0 spiro atoms. The van der Waals surface area contributed by atoms with Crippen LogP contribution in [0.25, 0.3) is 0 Å². The molecule has 0 N–H and O–H groups in total. The van der Waals surface area contributed by atoms with Gasteiger partial charge in [0.1, 0.15) is 6.54 Å². The Morgan fingerprint density at radius 2 is 2.21 bits per heavy atom. The van der Waals surface area contributed by atoms with E-state index in [1.54, 1.807) is 4.68 Å². The number of nitrogens with zero attached hydrogens (tertiary/aromatic N) is 2. The predicted molar refractivity (Wildman–Crippen MR) is 54.4 cm³/mol. The maximum absolute atomic E-state index is 11.5. The van der Waals surface area contributed by atoms with Crippen molar-refractivity contribution < 1.29 is 4.79 Å². The van der Waals surface area contributed by atoms with E-state index in [9.17, 15) is 4.79 Å². The van der Waals surface area contributed by atoms with Crippen LogP contribution < -0.4 is 0 Å². The Kier molecular flexibility index (Phi) is 2.35. The van der Waals surface area contributed by atoms with E-state index in [0.717, 1.165) is 24.2 Å². The highest BCUT2D eigenvalue weighted by atomic mass is 35.5. The molecule has 1 aromatic heterocycles. The molecule has 1 saturated carbocycles. The van der Waals surface area contributed by atoms with Crippen LogP contribution in [-0.4, -0.2) is 15.6 Å². The second kappa shape index (κ2) is 3.39. The SMILES string of the molecule is Cc1nn(CC(=O)C2CC2)c(C)c1Cl. The Hall–Kier alpha value is -0.830. The van der Waals surface area contributed by atoms with Crippen molar-refractivity contribution in [1.82, 2.24) is 9.78 Å². The van der Waals surface area contributed by atoms with Gasteiger partial charge in [-0.3, -0.25) is 9.48 Å². The predicted octanol–water partition coefficient (Wildman–Crippen LogP) is 2.13. The smallest absolute Gasteiger partial charge is 0.157 e. The van der Waals surface area contributed by atoms with Gasteiger partial charge in [-0.1, -0.05) is 11.6 Å². The van der Waals surface area contributed by atoms with Crippen molar-refractivity contribution in [3.8, 4) is 0 Å². The zero-order chi connectivity index (χ0) is 10.3. The molecule has 0 unspecified atom stereocenters. The molecule has 0 amide bonds. The van der Waals surface area contributed by atoms with E-state index in [1.807, 2.05) is 13.8 Å². The summed E-state index contributed by atoms with van der Waals surface area (Å²) in [7, 11) is 0. The van der Waals surface area contributed by atoms with E-state index in [4.69, 9.17) is 11.6 Å². The number of hydrogen-bond acceptors (Lipinski definition) is 2. The first kappa shape index (κ1) is 9.71. The van der Waals surface area contributed by atoms with E-state index < -0.39 is 0 Å². The van der Waals surface area contributed by atoms with Gasteiger partial charge in [0.25, 0.3) is 0 Å². The number of rotatable bonds is 3. The molecule has 76 valence electrons. The number of hydrogen-bond donors (Lipinski definition) is 0. The number of Topliss-reactive ketones (excluding diaryl/α,β-unsaturated/α-hetero) is 1. The Balaban J connectivity index is 2.15. The summed E-state index contributed by atoms with van der Waals surface area (Å²) in [5, 5.41) is 4.90. The molecule has 0 radical (unpaired) electrons. The molecule has 0 aliphatic heterocycles. The molecule has 1 aliphatic carbocycles. The van der Waals surface area contributed by atoms with E-state index in [-0.39, 0.29) is 11.7 Å². The normalized spacial score (nSPS) is 15.9. The van der Waals surface area contributed by atoms with Crippen LogP contribution >= 0.6 is 11.6 Å². The molecule has 14 heavy (non-hydrogen) atoms. The summed E-state index contributed by atoms with van der Waals surface area (Å²) < 4.78 is 1.71. The average Bonchev–Trinajstić information content (AvgIpc) is 2.93. The lowest BCUT2D eigenvalue weighted by Crippen LogP contribution is -2.14. The fourth-order valence-electron chi connectivity index (χ4n) is 1.51. The molecule has 1 heterocycles. The third-order valence-electron chi connectivity index (χ3n) is 2.63. The molecular formula is C10H13ClN2O. The van der Waals surface area contributed by atoms with E-state index in [0.29, 0.717) is 11.6 Å². The minimum absolute atomic E-state index is 0.285. The fraction of sp³-hybridized carbons (Fsp3) is 0.600. The molecule has 3 nitrogen and oxygen atoms in total. The topological polar surface area (TPSA) is 34.9 Å². The molecule has 0 aromatic carbocycles. The number of aryl methyl sites for hydroxylation is 1. The molecular weight excluding hydrogens is 200 g/mol. The van der Waals surface area contributed by atoms with Crippen LogP contribution in [0.2, 0.25) is 5.02 Å². The maximum Gasteiger partial charge on any atom is 0.157 e. The number of halogens is 1. The first-order valence-corrected chi connectivity index (χ1v) is 5.19. The van der Waals surface area contributed by atoms with Crippen molar-refractivity contribution in [1.29, 1.82) is 0 Å². The molecule has 1 fully saturated rings. The molecule has 4 heteroatoms. The second-order valence-corrected chi connectivity index (χ2v) is 4.26. The van der Waals surface area contributed by atoms with Crippen molar-refractivity contribution >= 4 is 17.4 Å². The number of carbonyl (C=O) groups is 1. The van der Waals surface area contributed by atoms with Gasteiger partial charge in [-0.15, -0.1) is 0 Å². The quantitative estimate of drug-likeness (QED) is 0.770. The molecule has 0 saturated heterocycles. The second-order valence-electron chi connectivity index (χ2n) is 3.88. The van der Waals surface area contributed by atoms with Gasteiger partial charge in [-0.05, 0) is 26.7 Å². The largest absolute Gasteiger partial charge is 0.297 e. The summed E-state index contributed by atoms with van der Waals surface area (Å²) >= 11 is 5.98. The summed E-state index contributed by atoms with van der Waals surface area (Å²) in [5.74, 6) is 0.574. The standard InChI is InChI=1S/C10H13ClN2O/c1-6-10(11)7(2)13(12-6)5-9(14)8-3-4-8/h8H,3-5H2,1-2H3. The van der Waals surface area contributed by atoms with Gasteiger partial charge >= 0.3 is 0 Å². The summed E-state index contributed by atoms with van der Waals surface area (Å²) in [6.45, 7) is 4.13. The van der Waals surface area contributed by atoms with E-state index >= 15 is 0 Å². The molecule has 2 rings (SSSR count). The lowest BCUT2D eigenvalue weighted by atomic mass is 10.2. The zero-order valence-corrected chi connectivity index (χ0v) is 9.14. The Labute approximate surface area is 88.1 Å². The van der Waals surface area contributed by atoms with Crippen molar-refractivity contribution in [3.05, 3.63) is 16.4 Å². The summed E-state index contributed by atoms with van der Waals surface area (Å²) in [5.41, 5.74) is 1.69. The van der Waals surface area contributed by atoms with Crippen LogP contribution in [0.3, 0.4) is 0 Å². The van der Waals surface area contributed by atoms with Gasteiger partial charge in [-0.25, -0.2) is 0 Å². The van der Waals surface area contributed by atoms with Crippen LogP contribution in [-0.2, 0) is 11.3 Å². The maximum atomic E-state index is 11.5. The summed E-state index contributed by atoms with van der Waals surface area (Å²) in [6, 6.07) is 0. The highest BCUT2D eigenvalue weighted by Gasteiger charge is 2.30. The number of carbonyl (C=O) groups excluding carboxylic acids is 1.